The van der Waals surface area contributed by atoms with E-state index < -0.39 is 0 Å². The second kappa shape index (κ2) is 8.66. The highest BCUT2D eigenvalue weighted by molar-refractivity contribution is 6.30. The number of nitrogens with zero attached hydrogens (tertiary/aromatic N) is 1. The molecule has 1 atom stereocenters. The first kappa shape index (κ1) is 15.8. The summed E-state index contributed by atoms with van der Waals surface area (Å²) in [6.07, 6.45) is 6.64. The van der Waals surface area contributed by atoms with Gasteiger partial charge in [0.2, 0.25) is 0 Å². The van der Waals surface area contributed by atoms with Crippen LogP contribution < -0.4 is 5.32 Å². The van der Waals surface area contributed by atoms with Gasteiger partial charge in [-0.05, 0) is 50.0 Å². The summed E-state index contributed by atoms with van der Waals surface area (Å²) in [4.78, 5) is 2.60. The van der Waals surface area contributed by atoms with Gasteiger partial charge in [0.15, 0.2) is 0 Å². The van der Waals surface area contributed by atoms with Crippen molar-refractivity contribution < 1.29 is 0 Å². The lowest BCUT2D eigenvalue weighted by molar-refractivity contribution is 0.278. The molecule has 0 radical (unpaired) electrons. The molecule has 2 rings (SSSR count). The largest absolute Gasteiger partial charge is 0.309 e. The van der Waals surface area contributed by atoms with Crippen LogP contribution in [0.15, 0.2) is 24.3 Å². The molecule has 1 fully saturated rings. The van der Waals surface area contributed by atoms with Crippen molar-refractivity contribution in [1.29, 1.82) is 0 Å². The van der Waals surface area contributed by atoms with Gasteiger partial charge in [-0.2, -0.15) is 0 Å². The first-order valence-electron chi connectivity index (χ1n) is 8.01. The Morgan fingerprint density at radius 3 is 2.60 bits per heavy atom. The SMILES string of the molecule is CCC(NCCN1CCCCCC1)c1cccc(Cl)c1. The van der Waals surface area contributed by atoms with Gasteiger partial charge in [0.25, 0.3) is 0 Å². The van der Waals surface area contributed by atoms with Crippen molar-refractivity contribution in [2.24, 2.45) is 0 Å². The molecule has 1 aromatic rings. The van der Waals surface area contributed by atoms with E-state index in [1.54, 1.807) is 0 Å². The van der Waals surface area contributed by atoms with Gasteiger partial charge >= 0.3 is 0 Å². The molecule has 3 heteroatoms. The molecule has 20 heavy (non-hydrogen) atoms. The molecular weight excluding hydrogens is 268 g/mol. The minimum Gasteiger partial charge on any atom is -0.309 e. The third-order valence-electron chi connectivity index (χ3n) is 4.18. The number of hydrogen-bond acceptors (Lipinski definition) is 2. The standard InChI is InChI=1S/C17H27ClN2/c1-2-17(15-8-7-9-16(18)14-15)19-10-13-20-11-5-3-4-6-12-20/h7-9,14,17,19H,2-6,10-13H2,1H3. The second-order valence-corrected chi connectivity index (χ2v) is 6.16. The summed E-state index contributed by atoms with van der Waals surface area (Å²) in [6, 6.07) is 8.64. The second-order valence-electron chi connectivity index (χ2n) is 5.73. The zero-order valence-electron chi connectivity index (χ0n) is 12.6. The van der Waals surface area contributed by atoms with Crippen LogP contribution in [0.3, 0.4) is 0 Å². The van der Waals surface area contributed by atoms with Crippen LogP contribution in [0.4, 0.5) is 0 Å². The lowest BCUT2D eigenvalue weighted by Gasteiger charge is -2.23. The average molecular weight is 295 g/mol. The smallest absolute Gasteiger partial charge is 0.0409 e. The summed E-state index contributed by atoms with van der Waals surface area (Å²) >= 11 is 6.08. The van der Waals surface area contributed by atoms with Crippen molar-refractivity contribution in [2.45, 2.75) is 45.1 Å². The monoisotopic (exact) mass is 294 g/mol. The van der Waals surface area contributed by atoms with Crippen molar-refractivity contribution >= 4 is 11.6 Å². The van der Waals surface area contributed by atoms with Crippen molar-refractivity contribution in [3.8, 4) is 0 Å². The predicted octanol–water partition coefficient (Wildman–Crippen LogP) is 4.26. The van der Waals surface area contributed by atoms with Crippen molar-refractivity contribution in [2.75, 3.05) is 26.2 Å². The fourth-order valence-electron chi connectivity index (χ4n) is 2.98. The first-order chi connectivity index (χ1) is 9.79. The third kappa shape index (κ3) is 5.08. The van der Waals surface area contributed by atoms with Gasteiger partial charge in [0.05, 0.1) is 0 Å². The minimum absolute atomic E-state index is 0.417. The number of halogens is 1. The molecular formula is C17H27ClN2. The first-order valence-corrected chi connectivity index (χ1v) is 8.38. The van der Waals surface area contributed by atoms with Crippen LogP contribution in [0.25, 0.3) is 0 Å². The number of hydrogen-bond donors (Lipinski definition) is 1. The number of likely N-dealkylation sites (tertiary alicyclic amines) is 1. The van der Waals surface area contributed by atoms with E-state index in [0.29, 0.717) is 6.04 Å². The Morgan fingerprint density at radius 1 is 1.20 bits per heavy atom. The maximum Gasteiger partial charge on any atom is 0.0409 e. The summed E-state index contributed by atoms with van der Waals surface area (Å²) in [5.74, 6) is 0. The van der Waals surface area contributed by atoms with Gasteiger partial charge < -0.3 is 10.2 Å². The molecule has 1 unspecified atom stereocenters. The molecule has 0 spiro atoms. The van der Waals surface area contributed by atoms with Gasteiger partial charge in [0, 0.05) is 24.2 Å². The fourth-order valence-corrected chi connectivity index (χ4v) is 3.18. The molecule has 1 N–H and O–H groups in total. The molecule has 0 bridgehead atoms. The van der Waals surface area contributed by atoms with Crippen LogP contribution in [-0.4, -0.2) is 31.1 Å². The average Bonchev–Trinajstić information content (AvgIpc) is 2.72. The maximum atomic E-state index is 6.08. The van der Waals surface area contributed by atoms with Crippen LogP contribution in [0.1, 0.15) is 50.6 Å². The van der Waals surface area contributed by atoms with Crippen LogP contribution >= 0.6 is 11.6 Å². The van der Waals surface area contributed by atoms with E-state index >= 15 is 0 Å². The summed E-state index contributed by atoms with van der Waals surface area (Å²) in [6.45, 7) is 7.00. The highest BCUT2D eigenvalue weighted by atomic mass is 35.5. The Bertz CT molecular complexity index is 386. The van der Waals surface area contributed by atoms with Gasteiger partial charge in [-0.15, -0.1) is 0 Å². The molecule has 1 heterocycles. The lowest BCUT2D eigenvalue weighted by Crippen LogP contribution is -2.34. The van der Waals surface area contributed by atoms with Crippen molar-refractivity contribution in [3.05, 3.63) is 34.9 Å². The van der Waals surface area contributed by atoms with Crippen LogP contribution in [0, 0.1) is 0 Å². The topological polar surface area (TPSA) is 15.3 Å². The van der Waals surface area contributed by atoms with E-state index in [-0.39, 0.29) is 0 Å². The van der Waals surface area contributed by atoms with Crippen LogP contribution in [0.2, 0.25) is 5.02 Å². The van der Waals surface area contributed by atoms with Crippen LogP contribution in [0.5, 0.6) is 0 Å². The molecule has 0 aromatic heterocycles. The predicted molar refractivity (Wildman–Crippen MR) is 87.4 cm³/mol. The molecule has 1 saturated heterocycles. The summed E-state index contributed by atoms with van der Waals surface area (Å²) in [5.41, 5.74) is 1.30. The normalized spacial score (nSPS) is 18.7. The molecule has 1 aromatic carbocycles. The number of nitrogens with one attached hydrogen (secondary N) is 1. The molecule has 0 aliphatic carbocycles. The van der Waals surface area contributed by atoms with E-state index in [4.69, 9.17) is 11.6 Å². The minimum atomic E-state index is 0.417. The summed E-state index contributed by atoms with van der Waals surface area (Å²) < 4.78 is 0. The molecule has 0 amide bonds. The maximum absolute atomic E-state index is 6.08. The van der Waals surface area contributed by atoms with E-state index in [1.807, 2.05) is 12.1 Å². The van der Waals surface area contributed by atoms with E-state index in [1.165, 1.54) is 44.3 Å². The Morgan fingerprint density at radius 2 is 1.95 bits per heavy atom. The zero-order chi connectivity index (χ0) is 14.2. The van der Waals surface area contributed by atoms with Crippen molar-refractivity contribution in [3.63, 3.8) is 0 Å². The number of rotatable bonds is 6. The van der Waals surface area contributed by atoms with Crippen LogP contribution in [-0.2, 0) is 0 Å². The van der Waals surface area contributed by atoms with Gasteiger partial charge in [-0.25, -0.2) is 0 Å². The third-order valence-corrected chi connectivity index (χ3v) is 4.41. The summed E-state index contributed by atoms with van der Waals surface area (Å²) in [5, 5.41) is 4.51. The molecule has 1 aliphatic rings. The van der Waals surface area contributed by atoms with Gasteiger partial charge in [-0.1, -0.05) is 43.5 Å². The molecule has 112 valence electrons. The van der Waals surface area contributed by atoms with E-state index in [0.717, 1.165) is 24.5 Å². The Labute approximate surface area is 128 Å². The Kier molecular flexibility index (Phi) is 6.85. The Balaban J connectivity index is 1.78. The quantitative estimate of drug-likeness (QED) is 0.843. The zero-order valence-corrected chi connectivity index (χ0v) is 13.3. The van der Waals surface area contributed by atoms with E-state index in [9.17, 15) is 0 Å². The molecule has 1 aliphatic heterocycles. The van der Waals surface area contributed by atoms with Gasteiger partial charge in [0.1, 0.15) is 0 Å². The van der Waals surface area contributed by atoms with Crippen molar-refractivity contribution in [1.82, 2.24) is 10.2 Å². The molecule has 0 saturated carbocycles. The fraction of sp³-hybridized carbons (Fsp3) is 0.647. The van der Waals surface area contributed by atoms with E-state index in [2.05, 4.69) is 29.3 Å². The summed E-state index contributed by atoms with van der Waals surface area (Å²) in [7, 11) is 0. The highest BCUT2D eigenvalue weighted by Crippen LogP contribution is 2.20. The number of benzene rings is 1. The molecule has 2 nitrogen and oxygen atoms in total. The van der Waals surface area contributed by atoms with Gasteiger partial charge in [-0.3, -0.25) is 0 Å². The Hall–Kier alpha value is -0.570. The lowest BCUT2D eigenvalue weighted by atomic mass is 10.0. The highest BCUT2D eigenvalue weighted by Gasteiger charge is 2.11.